The summed E-state index contributed by atoms with van der Waals surface area (Å²) < 4.78 is 26.6. The first kappa shape index (κ1) is 18.9. The van der Waals surface area contributed by atoms with Gasteiger partial charge in [0.15, 0.2) is 0 Å². The summed E-state index contributed by atoms with van der Waals surface area (Å²) in [6.45, 7) is 6.60. The molecule has 2 rings (SSSR count). The number of carbonyl (C=O) groups excluding carboxylic acids is 1. The van der Waals surface area contributed by atoms with Crippen LogP contribution in [0.3, 0.4) is 0 Å². The highest BCUT2D eigenvalue weighted by Crippen LogP contribution is 2.24. The van der Waals surface area contributed by atoms with Gasteiger partial charge in [-0.25, -0.2) is 8.42 Å². The van der Waals surface area contributed by atoms with Crippen molar-refractivity contribution in [3.8, 4) is 0 Å². The van der Waals surface area contributed by atoms with Crippen molar-refractivity contribution in [1.82, 2.24) is 9.62 Å². The number of hydrogen-bond donors (Lipinski definition) is 1. The van der Waals surface area contributed by atoms with E-state index in [1.54, 1.807) is 18.2 Å². The van der Waals surface area contributed by atoms with E-state index in [1.807, 2.05) is 13.8 Å². The first-order valence-corrected chi connectivity index (χ1v) is 10.2. The molecule has 134 valence electrons. The van der Waals surface area contributed by atoms with Crippen molar-refractivity contribution in [1.29, 1.82) is 0 Å². The van der Waals surface area contributed by atoms with Crippen molar-refractivity contribution in [3.63, 3.8) is 0 Å². The summed E-state index contributed by atoms with van der Waals surface area (Å²) in [4.78, 5) is 12.7. The molecular weight excluding hydrogens is 324 g/mol. The molecule has 0 aromatic heterocycles. The minimum absolute atomic E-state index is 0.175. The van der Waals surface area contributed by atoms with Gasteiger partial charge in [-0.1, -0.05) is 39.7 Å². The number of benzene rings is 1. The lowest BCUT2D eigenvalue weighted by Gasteiger charge is -2.29. The fraction of sp³-hybridized carbons (Fsp3) is 0.611. The molecule has 6 heteroatoms. The van der Waals surface area contributed by atoms with E-state index in [2.05, 4.69) is 12.2 Å². The van der Waals surface area contributed by atoms with Crippen molar-refractivity contribution >= 4 is 15.9 Å². The number of nitrogens with zero attached hydrogens (tertiary/aromatic N) is 1. The molecule has 0 radical (unpaired) electrons. The van der Waals surface area contributed by atoms with E-state index in [-0.39, 0.29) is 16.8 Å². The summed E-state index contributed by atoms with van der Waals surface area (Å²) in [5, 5.41) is 3.07. The third-order valence-electron chi connectivity index (χ3n) is 4.87. The molecule has 1 aromatic carbocycles. The van der Waals surface area contributed by atoms with E-state index in [0.29, 0.717) is 24.6 Å². The molecule has 0 aliphatic heterocycles. The molecule has 1 aliphatic rings. The summed E-state index contributed by atoms with van der Waals surface area (Å²) in [6.07, 6.45) is 4.46. The monoisotopic (exact) mass is 352 g/mol. The molecule has 1 fully saturated rings. The van der Waals surface area contributed by atoms with Crippen LogP contribution in [0.4, 0.5) is 0 Å². The number of amides is 1. The predicted octanol–water partition coefficient (Wildman–Crippen LogP) is 3.03. The maximum Gasteiger partial charge on any atom is 0.251 e. The number of sulfonamides is 1. The quantitative estimate of drug-likeness (QED) is 0.856. The van der Waals surface area contributed by atoms with Crippen LogP contribution in [-0.2, 0) is 10.0 Å². The number of carbonyl (C=O) groups is 1. The van der Waals surface area contributed by atoms with E-state index < -0.39 is 10.0 Å². The normalized spacial score (nSPS) is 21.7. The van der Waals surface area contributed by atoms with Crippen LogP contribution in [0, 0.1) is 5.92 Å². The van der Waals surface area contributed by atoms with E-state index in [9.17, 15) is 13.2 Å². The van der Waals surface area contributed by atoms with Gasteiger partial charge in [-0.3, -0.25) is 4.79 Å². The van der Waals surface area contributed by atoms with Gasteiger partial charge in [0.25, 0.3) is 5.91 Å². The standard InChI is InChI=1S/C18H28N2O3S/c1-4-20(5-2)24(22,23)16-11-8-10-15(13-16)18(21)19-17-12-7-6-9-14(17)3/h8,10-11,13-14,17H,4-7,9,12H2,1-3H3,(H,19,21)/t14-,17+/m0/s1. The third-order valence-corrected chi connectivity index (χ3v) is 6.91. The lowest BCUT2D eigenvalue weighted by molar-refractivity contribution is 0.0910. The number of nitrogens with one attached hydrogen (secondary N) is 1. The van der Waals surface area contributed by atoms with Crippen LogP contribution in [0.1, 0.15) is 56.8 Å². The van der Waals surface area contributed by atoms with Crippen LogP contribution in [0.25, 0.3) is 0 Å². The van der Waals surface area contributed by atoms with Gasteiger partial charge in [-0.2, -0.15) is 4.31 Å². The van der Waals surface area contributed by atoms with Crippen LogP contribution >= 0.6 is 0 Å². The highest BCUT2D eigenvalue weighted by molar-refractivity contribution is 7.89. The summed E-state index contributed by atoms with van der Waals surface area (Å²) in [7, 11) is -3.55. The summed E-state index contributed by atoms with van der Waals surface area (Å²) in [5.74, 6) is 0.274. The molecule has 0 spiro atoms. The van der Waals surface area contributed by atoms with E-state index >= 15 is 0 Å². The van der Waals surface area contributed by atoms with Crippen LogP contribution in [0.15, 0.2) is 29.2 Å². The minimum Gasteiger partial charge on any atom is -0.349 e. The molecule has 1 aliphatic carbocycles. The Morgan fingerprint density at radius 1 is 1.21 bits per heavy atom. The van der Waals surface area contributed by atoms with Gasteiger partial charge in [0.2, 0.25) is 10.0 Å². The minimum atomic E-state index is -3.55. The Morgan fingerprint density at radius 3 is 2.50 bits per heavy atom. The molecule has 24 heavy (non-hydrogen) atoms. The highest BCUT2D eigenvalue weighted by Gasteiger charge is 2.25. The third kappa shape index (κ3) is 4.16. The second-order valence-electron chi connectivity index (χ2n) is 6.46. The smallest absolute Gasteiger partial charge is 0.251 e. The van der Waals surface area contributed by atoms with Crippen molar-refractivity contribution in [2.75, 3.05) is 13.1 Å². The molecule has 0 bridgehead atoms. The number of hydrogen-bond acceptors (Lipinski definition) is 3. The van der Waals surface area contributed by atoms with E-state index in [4.69, 9.17) is 0 Å². The first-order valence-electron chi connectivity index (χ1n) is 8.81. The lowest BCUT2D eigenvalue weighted by Crippen LogP contribution is -2.41. The van der Waals surface area contributed by atoms with Gasteiger partial charge in [-0.05, 0) is 37.0 Å². The Bertz CT molecular complexity index is 669. The Hall–Kier alpha value is -1.40. The molecule has 0 unspecified atom stereocenters. The first-order chi connectivity index (χ1) is 11.4. The molecule has 1 amide bonds. The van der Waals surface area contributed by atoms with Crippen molar-refractivity contribution in [3.05, 3.63) is 29.8 Å². The predicted molar refractivity (Wildman–Crippen MR) is 95.4 cm³/mol. The average molecular weight is 353 g/mol. The fourth-order valence-electron chi connectivity index (χ4n) is 3.29. The second-order valence-corrected chi connectivity index (χ2v) is 8.40. The maximum absolute atomic E-state index is 12.6. The Kier molecular flexibility index (Phi) is 6.40. The SMILES string of the molecule is CCN(CC)S(=O)(=O)c1cccc(C(=O)N[C@@H]2CCCC[C@@H]2C)c1. The van der Waals surface area contributed by atoms with Gasteiger partial charge >= 0.3 is 0 Å². The lowest BCUT2D eigenvalue weighted by atomic mass is 9.86. The van der Waals surface area contributed by atoms with Gasteiger partial charge < -0.3 is 5.32 Å². The summed E-state index contributed by atoms with van der Waals surface area (Å²) in [5.41, 5.74) is 0.404. The zero-order chi connectivity index (χ0) is 17.7. The summed E-state index contributed by atoms with van der Waals surface area (Å²) >= 11 is 0. The van der Waals surface area contributed by atoms with Crippen LogP contribution in [0.2, 0.25) is 0 Å². The largest absolute Gasteiger partial charge is 0.349 e. The second kappa shape index (κ2) is 8.12. The van der Waals surface area contributed by atoms with Gasteiger partial charge in [0, 0.05) is 24.7 Å². The number of rotatable bonds is 6. The van der Waals surface area contributed by atoms with Crippen LogP contribution in [0.5, 0.6) is 0 Å². The fourth-order valence-corrected chi connectivity index (χ4v) is 4.80. The molecule has 0 saturated heterocycles. The average Bonchev–Trinajstić information content (AvgIpc) is 2.58. The van der Waals surface area contributed by atoms with Crippen molar-refractivity contribution in [2.24, 2.45) is 5.92 Å². The van der Waals surface area contributed by atoms with Crippen LogP contribution < -0.4 is 5.32 Å². The summed E-state index contributed by atoms with van der Waals surface area (Å²) in [6, 6.07) is 6.51. The van der Waals surface area contributed by atoms with Gasteiger partial charge in [0.05, 0.1) is 4.90 Å². The Labute approximate surface area is 145 Å². The molecule has 2 atom stereocenters. The molecule has 0 heterocycles. The van der Waals surface area contributed by atoms with Gasteiger partial charge in [0.1, 0.15) is 0 Å². The van der Waals surface area contributed by atoms with Crippen molar-refractivity contribution < 1.29 is 13.2 Å². The Balaban J connectivity index is 2.19. The maximum atomic E-state index is 12.6. The molecular formula is C18H28N2O3S. The van der Waals surface area contributed by atoms with E-state index in [0.717, 1.165) is 19.3 Å². The zero-order valence-corrected chi connectivity index (χ0v) is 15.6. The zero-order valence-electron chi connectivity index (χ0n) is 14.8. The van der Waals surface area contributed by atoms with Crippen LogP contribution in [-0.4, -0.2) is 37.8 Å². The highest BCUT2D eigenvalue weighted by atomic mass is 32.2. The molecule has 1 saturated carbocycles. The van der Waals surface area contributed by atoms with E-state index in [1.165, 1.54) is 16.8 Å². The molecule has 1 N–H and O–H groups in total. The van der Waals surface area contributed by atoms with Gasteiger partial charge in [-0.15, -0.1) is 0 Å². The molecule has 5 nitrogen and oxygen atoms in total. The topological polar surface area (TPSA) is 66.5 Å². The van der Waals surface area contributed by atoms with Crippen molar-refractivity contribution in [2.45, 2.75) is 57.4 Å². The Morgan fingerprint density at radius 2 is 1.88 bits per heavy atom. The molecule has 1 aromatic rings.